The number of ether oxygens (including phenoxy) is 4. The zero-order chi connectivity index (χ0) is 30.0. The van der Waals surface area contributed by atoms with Crippen LogP contribution in [0.1, 0.15) is 32.3 Å². The van der Waals surface area contributed by atoms with Crippen LogP contribution in [0.3, 0.4) is 0 Å². The number of alkyl halides is 6. The monoisotopic (exact) mass is 612 g/mol. The Balaban J connectivity index is 0.0000152. The molecule has 3 atom stereocenters. The zero-order valence-corrected chi connectivity index (χ0v) is 23.8. The molecule has 0 spiro atoms. The Hall–Kier alpha value is -2.00. The second-order valence-electron chi connectivity index (χ2n) is 9.45. The Morgan fingerprint density at radius 2 is 1.62 bits per heavy atom. The van der Waals surface area contributed by atoms with Gasteiger partial charge in [0.1, 0.15) is 0 Å². The largest absolute Gasteiger partial charge is 0.493 e. The van der Waals surface area contributed by atoms with E-state index in [9.17, 15) is 36.2 Å². The highest BCUT2D eigenvalue weighted by Gasteiger charge is 2.77. The van der Waals surface area contributed by atoms with Crippen molar-refractivity contribution in [1.29, 1.82) is 0 Å². The lowest BCUT2D eigenvalue weighted by Crippen LogP contribution is -2.67. The van der Waals surface area contributed by atoms with E-state index in [4.69, 9.17) is 19.9 Å². The molecule has 1 amide bonds. The summed E-state index contributed by atoms with van der Waals surface area (Å²) >= 11 is 0. The summed E-state index contributed by atoms with van der Waals surface area (Å²) in [6, 6.07) is 4.32. The van der Waals surface area contributed by atoms with Gasteiger partial charge >= 0.3 is 18.0 Å². The summed E-state index contributed by atoms with van der Waals surface area (Å²) in [5.41, 5.74) is 1.83. The molecule has 15 heteroatoms. The van der Waals surface area contributed by atoms with E-state index < -0.39 is 42.6 Å². The molecule has 1 aromatic carbocycles. The van der Waals surface area contributed by atoms with Gasteiger partial charge in [0.05, 0.1) is 19.8 Å². The van der Waals surface area contributed by atoms with Gasteiger partial charge in [-0.3, -0.25) is 4.79 Å². The van der Waals surface area contributed by atoms with Gasteiger partial charge in [-0.15, -0.1) is 12.4 Å². The van der Waals surface area contributed by atoms with E-state index in [2.05, 4.69) is 4.74 Å². The molecule has 0 heterocycles. The lowest BCUT2D eigenvalue weighted by atomic mass is 9.83. The van der Waals surface area contributed by atoms with Gasteiger partial charge < -0.3 is 35.1 Å². The number of methoxy groups -OCH3 is 3. The van der Waals surface area contributed by atoms with Crippen LogP contribution in [-0.4, -0.2) is 82.2 Å². The summed E-state index contributed by atoms with van der Waals surface area (Å²) in [5.74, 6) is -1.53. The fraction of sp³-hybridized carbons (Fsp3) is 0.720. The molecule has 0 saturated heterocycles. The van der Waals surface area contributed by atoms with Crippen molar-refractivity contribution >= 4 is 18.3 Å². The van der Waals surface area contributed by atoms with Gasteiger partial charge in [0.25, 0.3) is 5.91 Å². The number of aliphatic hydroxyl groups excluding tert-OH is 1. The number of halogens is 7. The molecule has 0 bridgehead atoms. The van der Waals surface area contributed by atoms with E-state index in [1.807, 2.05) is 26.0 Å². The molecule has 234 valence electrons. The van der Waals surface area contributed by atoms with Gasteiger partial charge in [-0.2, -0.15) is 26.3 Å². The predicted octanol–water partition coefficient (Wildman–Crippen LogP) is 4.05. The molecule has 0 fully saturated rings. The van der Waals surface area contributed by atoms with Crippen molar-refractivity contribution in [3.05, 3.63) is 23.8 Å². The van der Waals surface area contributed by atoms with Crippen LogP contribution < -0.4 is 20.5 Å². The summed E-state index contributed by atoms with van der Waals surface area (Å²) in [4.78, 5) is 12.0. The average molecular weight is 613 g/mol. The summed E-state index contributed by atoms with van der Waals surface area (Å²) in [7, 11) is 3.22. The first kappa shape index (κ1) is 38.0. The minimum absolute atomic E-state index is 0. The average Bonchev–Trinajstić information content (AvgIpc) is 2.83. The number of nitrogens with one attached hydrogen (secondary N) is 1. The highest BCUT2D eigenvalue weighted by atomic mass is 35.5. The number of rotatable bonds is 16. The Morgan fingerprint density at radius 1 is 1.02 bits per heavy atom. The number of hydrogen-bond donors (Lipinski definition) is 3. The molecule has 8 nitrogen and oxygen atoms in total. The molecular formula is C25H39ClF6N2O6. The summed E-state index contributed by atoms with van der Waals surface area (Å²) in [5, 5.41) is 11.9. The standard InChI is InChI=1S/C25H38F6N2O6.ClH/c1-15(2)17(11-16-7-8-20(37-4)21(12-16)39-10-6-9-36-3)13-18(32)19(34)14-33-22(35)23(38-5,24(26,27)28)25(29,30)31;/h7-8,12,15,17-19,34H,6,9-11,13-14,32H2,1-5H3,(H,33,35);1H. The number of amides is 1. The Labute approximate surface area is 236 Å². The molecule has 1 rings (SSSR count). The van der Waals surface area contributed by atoms with E-state index in [-0.39, 0.29) is 37.8 Å². The predicted molar refractivity (Wildman–Crippen MR) is 138 cm³/mol. The van der Waals surface area contributed by atoms with Crippen molar-refractivity contribution in [3.63, 3.8) is 0 Å². The van der Waals surface area contributed by atoms with Crippen LogP contribution in [0.2, 0.25) is 0 Å². The highest BCUT2D eigenvalue weighted by molar-refractivity contribution is 5.87. The number of aliphatic hydroxyl groups is 1. The number of carbonyl (C=O) groups excluding carboxylic acids is 1. The number of hydrogen-bond acceptors (Lipinski definition) is 7. The molecule has 0 saturated carbocycles. The first-order chi connectivity index (χ1) is 18.0. The third-order valence-electron chi connectivity index (χ3n) is 6.38. The molecule has 1 aromatic rings. The second kappa shape index (κ2) is 16.4. The van der Waals surface area contributed by atoms with Crippen LogP contribution in [0, 0.1) is 11.8 Å². The second-order valence-corrected chi connectivity index (χ2v) is 9.45. The van der Waals surface area contributed by atoms with Gasteiger partial charge in [0, 0.05) is 39.8 Å². The van der Waals surface area contributed by atoms with E-state index in [0.717, 1.165) is 5.56 Å². The third-order valence-corrected chi connectivity index (χ3v) is 6.38. The lowest BCUT2D eigenvalue weighted by molar-refractivity contribution is -0.357. The topological polar surface area (TPSA) is 112 Å². The lowest BCUT2D eigenvalue weighted by Gasteiger charge is -2.34. The van der Waals surface area contributed by atoms with Crippen LogP contribution in [-0.2, 0) is 20.7 Å². The van der Waals surface area contributed by atoms with Gasteiger partial charge in [0.2, 0.25) is 0 Å². The highest BCUT2D eigenvalue weighted by Crippen LogP contribution is 2.45. The van der Waals surface area contributed by atoms with Crippen molar-refractivity contribution in [3.8, 4) is 11.5 Å². The molecule has 3 unspecified atom stereocenters. The molecule has 40 heavy (non-hydrogen) atoms. The van der Waals surface area contributed by atoms with Crippen molar-refractivity contribution < 1.29 is 55.2 Å². The van der Waals surface area contributed by atoms with Gasteiger partial charge in [-0.25, -0.2) is 0 Å². The maximum Gasteiger partial charge on any atom is 0.435 e. The molecule has 0 aliphatic carbocycles. The van der Waals surface area contributed by atoms with Crippen LogP contribution in [0.5, 0.6) is 11.5 Å². The molecule has 4 N–H and O–H groups in total. The SMILES string of the molecule is COCCCOc1cc(CC(CC(N)C(O)CNC(=O)C(OC)(C(F)(F)F)C(F)(F)F)C(C)C)ccc1OC.Cl. The smallest absolute Gasteiger partial charge is 0.435 e. The first-order valence-electron chi connectivity index (χ1n) is 12.2. The number of nitrogens with two attached hydrogens (primary N) is 1. The summed E-state index contributed by atoms with van der Waals surface area (Å²) in [6.45, 7) is 3.81. The minimum Gasteiger partial charge on any atom is -0.493 e. The van der Waals surface area contributed by atoms with Crippen LogP contribution in [0.4, 0.5) is 26.3 Å². The number of carbonyl (C=O) groups is 1. The molecule has 0 radical (unpaired) electrons. The fourth-order valence-corrected chi connectivity index (χ4v) is 3.96. The zero-order valence-electron chi connectivity index (χ0n) is 23.0. The van der Waals surface area contributed by atoms with Gasteiger partial charge in [-0.05, 0) is 42.4 Å². The van der Waals surface area contributed by atoms with Crippen molar-refractivity contribution in [2.75, 3.05) is 41.1 Å². The van der Waals surface area contributed by atoms with Gasteiger partial charge in [0.15, 0.2) is 11.5 Å². The van der Waals surface area contributed by atoms with E-state index in [0.29, 0.717) is 37.6 Å². The van der Waals surface area contributed by atoms with E-state index >= 15 is 0 Å². The quantitative estimate of drug-likeness (QED) is 0.191. The Kier molecular flexibility index (Phi) is 15.6. The maximum absolute atomic E-state index is 13.2. The van der Waals surface area contributed by atoms with Crippen LogP contribution >= 0.6 is 12.4 Å². The van der Waals surface area contributed by atoms with Crippen molar-refractivity contribution in [2.45, 2.75) is 63.2 Å². The first-order valence-corrected chi connectivity index (χ1v) is 12.2. The molecular weight excluding hydrogens is 574 g/mol. The molecule has 0 aliphatic rings. The summed E-state index contributed by atoms with van der Waals surface area (Å²) in [6.07, 6.45) is -12.5. The van der Waals surface area contributed by atoms with E-state index in [1.54, 1.807) is 13.2 Å². The molecule has 0 aliphatic heterocycles. The molecule has 0 aromatic heterocycles. The van der Waals surface area contributed by atoms with Crippen molar-refractivity contribution in [1.82, 2.24) is 5.32 Å². The van der Waals surface area contributed by atoms with Crippen molar-refractivity contribution in [2.24, 2.45) is 17.6 Å². The Morgan fingerprint density at radius 3 is 2.10 bits per heavy atom. The van der Waals surface area contributed by atoms with E-state index in [1.165, 1.54) is 12.4 Å². The third kappa shape index (κ3) is 9.82. The minimum atomic E-state index is -6.09. The van der Waals surface area contributed by atoms with Crippen LogP contribution in [0.15, 0.2) is 18.2 Å². The maximum atomic E-state index is 13.2. The fourth-order valence-electron chi connectivity index (χ4n) is 3.96. The Bertz CT molecular complexity index is 890. The number of benzene rings is 1. The normalized spacial score (nSPS) is 14.8. The van der Waals surface area contributed by atoms with Gasteiger partial charge in [-0.1, -0.05) is 19.9 Å². The summed E-state index contributed by atoms with van der Waals surface area (Å²) < 4.78 is 99.2. The van der Waals surface area contributed by atoms with Crippen LogP contribution in [0.25, 0.3) is 0 Å².